The Hall–Kier alpha value is -0.930. The molecule has 0 aliphatic carbocycles. The summed E-state index contributed by atoms with van der Waals surface area (Å²) in [4.78, 5) is 0. The maximum atomic E-state index is 6.51. The first-order chi connectivity index (χ1) is 4.16. The minimum atomic E-state index is 0.307. The van der Waals surface area contributed by atoms with Gasteiger partial charge in [0.1, 0.15) is 0 Å². The van der Waals surface area contributed by atoms with Crippen LogP contribution in [0.15, 0.2) is 10.2 Å². The molecule has 0 spiro atoms. The molecule has 0 saturated heterocycles. The van der Waals surface area contributed by atoms with Gasteiger partial charge in [0.05, 0.1) is 0 Å². The van der Waals surface area contributed by atoms with E-state index in [2.05, 4.69) is 15.6 Å². The van der Waals surface area contributed by atoms with Gasteiger partial charge in [0.2, 0.25) is 0 Å². The van der Waals surface area contributed by atoms with Crippen molar-refractivity contribution < 1.29 is 0 Å². The van der Waals surface area contributed by atoms with Crippen LogP contribution in [0.2, 0.25) is 0 Å². The number of nitrogens with zero attached hydrogens (tertiary/aromatic N) is 2. The largest absolute Gasteiger partial charge is 0.306 e. The van der Waals surface area contributed by atoms with Crippen LogP contribution in [0.1, 0.15) is 20.8 Å². The summed E-state index contributed by atoms with van der Waals surface area (Å²) in [5.74, 6) is 0.448. The van der Waals surface area contributed by atoms with Gasteiger partial charge in [-0.15, -0.1) is 5.11 Å². The highest BCUT2D eigenvalue weighted by Gasteiger charge is 1.86. The van der Waals surface area contributed by atoms with Crippen molar-refractivity contribution in [1.82, 2.24) is 5.43 Å². The van der Waals surface area contributed by atoms with E-state index < -0.39 is 0 Å². The second kappa shape index (κ2) is 4.00. The van der Waals surface area contributed by atoms with Crippen LogP contribution in [-0.2, 0) is 0 Å². The summed E-state index contributed by atoms with van der Waals surface area (Å²) in [7, 11) is 0. The quantitative estimate of drug-likeness (QED) is 0.251. The van der Waals surface area contributed by atoms with Gasteiger partial charge in [-0.3, -0.25) is 0 Å². The molecule has 0 aromatic carbocycles. The lowest BCUT2D eigenvalue weighted by Gasteiger charge is -2.01. The molecule has 0 radical (unpaired) electrons. The van der Waals surface area contributed by atoms with Gasteiger partial charge in [-0.2, -0.15) is 5.10 Å². The first-order valence-corrected chi connectivity index (χ1v) is 2.84. The Labute approximate surface area is 54.9 Å². The minimum absolute atomic E-state index is 0.307. The number of hydrogen-bond donors (Lipinski definition) is 2. The van der Waals surface area contributed by atoms with Crippen molar-refractivity contribution >= 4 is 5.84 Å². The minimum Gasteiger partial charge on any atom is -0.306 e. The molecule has 2 N–H and O–H groups in total. The van der Waals surface area contributed by atoms with Gasteiger partial charge in [0.15, 0.2) is 5.84 Å². The van der Waals surface area contributed by atoms with Crippen LogP contribution in [0.4, 0.5) is 0 Å². The van der Waals surface area contributed by atoms with Crippen LogP contribution in [-0.4, -0.2) is 11.9 Å². The lowest BCUT2D eigenvalue weighted by Crippen LogP contribution is -2.16. The van der Waals surface area contributed by atoms with Crippen LogP contribution in [0.5, 0.6) is 0 Å². The maximum absolute atomic E-state index is 6.51. The Morgan fingerprint density at radius 1 is 1.56 bits per heavy atom. The molecule has 0 saturated carbocycles. The number of hydrogen-bond acceptors (Lipinski definition) is 3. The first-order valence-electron chi connectivity index (χ1n) is 2.84. The molecule has 0 heterocycles. The summed E-state index contributed by atoms with van der Waals surface area (Å²) in [6.45, 7) is 5.61. The van der Waals surface area contributed by atoms with Gasteiger partial charge in [-0.05, 0) is 20.8 Å². The Balaban J connectivity index is 3.56. The smallest absolute Gasteiger partial charge is 0.166 e. The van der Waals surface area contributed by atoms with E-state index in [-0.39, 0.29) is 0 Å². The predicted molar refractivity (Wildman–Crippen MR) is 36.5 cm³/mol. The van der Waals surface area contributed by atoms with Crippen molar-refractivity contribution in [3.05, 3.63) is 0 Å². The van der Waals surface area contributed by atoms with Gasteiger partial charge >= 0.3 is 0 Å². The summed E-state index contributed by atoms with van der Waals surface area (Å²) in [6, 6.07) is 0.307. The van der Waals surface area contributed by atoms with Crippen molar-refractivity contribution in [3.63, 3.8) is 0 Å². The number of nitrogens with one attached hydrogen (secondary N) is 2. The van der Waals surface area contributed by atoms with Crippen LogP contribution in [0.25, 0.3) is 0 Å². The van der Waals surface area contributed by atoms with Crippen molar-refractivity contribution in [3.8, 4) is 0 Å². The van der Waals surface area contributed by atoms with Crippen LogP contribution >= 0.6 is 0 Å². The zero-order valence-corrected chi connectivity index (χ0v) is 5.97. The molecule has 0 fully saturated rings. The molecule has 0 bridgehead atoms. The third-order valence-corrected chi connectivity index (χ3v) is 0.646. The van der Waals surface area contributed by atoms with Crippen LogP contribution in [0, 0.1) is 5.53 Å². The fourth-order valence-corrected chi connectivity index (χ4v) is 0.248. The van der Waals surface area contributed by atoms with Crippen molar-refractivity contribution in [2.24, 2.45) is 10.2 Å². The normalized spacial score (nSPS) is 11.8. The Morgan fingerprint density at radius 3 is 2.44 bits per heavy atom. The monoisotopic (exact) mass is 128 g/mol. The summed E-state index contributed by atoms with van der Waals surface area (Å²) >= 11 is 0. The number of amidine groups is 1. The van der Waals surface area contributed by atoms with E-state index in [0.717, 1.165) is 0 Å². The molecule has 0 atom stereocenters. The first kappa shape index (κ1) is 8.07. The predicted octanol–water partition coefficient (Wildman–Crippen LogP) is 1.35. The number of hydrazone groups is 1. The molecular formula is C5H12N4. The van der Waals surface area contributed by atoms with Crippen molar-refractivity contribution in [2.45, 2.75) is 26.8 Å². The van der Waals surface area contributed by atoms with Gasteiger partial charge in [0, 0.05) is 6.04 Å². The van der Waals surface area contributed by atoms with E-state index in [4.69, 9.17) is 5.53 Å². The molecule has 0 aliphatic rings. The second-order valence-electron chi connectivity index (χ2n) is 2.05. The maximum Gasteiger partial charge on any atom is 0.166 e. The average Bonchev–Trinajstić information content (AvgIpc) is 1.83. The van der Waals surface area contributed by atoms with Gasteiger partial charge in [0.25, 0.3) is 0 Å². The molecule has 0 rings (SSSR count). The third-order valence-electron chi connectivity index (χ3n) is 0.646. The summed E-state index contributed by atoms with van der Waals surface area (Å²) < 4.78 is 0. The van der Waals surface area contributed by atoms with E-state index in [1.165, 1.54) is 0 Å². The molecule has 52 valence electrons. The zero-order chi connectivity index (χ0) is 7.28. The fourth-order valence-electron chi connectivity index (χ4n) is 0.248. The van der Waals surface area contributed by atoms with E-state index in [9.17, 15) is 0 Å². The molecule has 0 aromatic heterocycles. The zero-order valence-electron chi connectivity index (χ0n) is 5.97. The van der Waals surface area contributed by atoms with Crippen molar-refractivity contribution in [2.75, 3.05) is 0 Å². The van der Waals surface area contributed by atoms with Gasteiger partial charge < -0.3 is 5.43 Å². The van der Waals surface area contributed by atoms with Gasteiger partial charge in [-0.25, -0.2) is 5.53 Å². The van der Waals surface area contributed by atoms with E-state index in [0.29, 0.717) is 11.9 Å². The van der Waals surface area contributed by atoms with Crippen LogP contribution in [0.3, 0.4) is 0 Å². The molecule has 4 nitrogen and oxygen atoms in total. The lowest BCUT2D eigenvalue weighted by atomic mass is 10.4. The number of rotatable bonds is 2. The molecule has 9 heavy (non-hydrogen) atoms. The Morgan fingerprint density at radius 2 is 2.11 bits per heavy atom. The fraction of sp³-hybridized carbons (Fsp3) is 0.800. The highest BCUT2D eigenvalue weighted by atomic mass is 15.3. The molecule has 4 heteroatoms. The van der Waals surface area contributed by atoms with E-state index in [1.807, 2.05) is 13.8 Å². The second-order valence-corrected chi connectivity index (χ2v) is 2.05. The molecule has 0 unspecified atom stereocenters. The average molecular weight is 128 g/mol. The molecule has 0 aliphatic heterocycles. The lowest BCUT2D eigenvalue weighted by molar-refractivity contribution is 0.618. The summed E-state index contributed by atoms with van der Waals surface area (Å²) in [6.07, 6.45) is 0. The van der Waals surface area contributed by atoms with Crippen molar-refractivity contribution in [1.29, 1.82) is 5.53 Å². The Kier molecular flexibility index (Phi) is 3.59. The van der Waals surface area contributed by atoms with E-state index >= 15 is 0 Å². The Bertz CT molecular complexity index is 116. The van der Waals surface area contributed by atoms with Crippen LogP contribution < -0.4 is 5.43 Å². The summed E-state index contributed by atoms with van der Waals surface area (Å²) in [5, 5.41) is 6.85. The standard InChI is InChI=1S/C5H12N4/c1-4(2)8-9-5(3)7-6/h4,6,8H,1-3H3/b7-6?,9-5-. The van der Waals surface area contributed by atoms with Gasteiger partial charge in [-0.1, -0.05) is 0 Å². The molecular weight excluding hydrogens is 116 g/mol. The third kappa shape index (κ3) is 4.93. The highest BCUT2D eigenvalue weighted by Crippen LogP contribution is 1.78. The van der Waals surface area contributed by atoms with E-state index in [1.54, 1.807) is 6.92 Å². The molecule has 0 amide bonds. The summed E-state index contributed by atoms with van der Waals surface area (Å²) in [5.41, 5.74) is 9.28. The molecule has 0 aromatic rings. The SMILES string of the molecule is C/C(N=N)=N/NC(C)C. The topological polar surface area (TPSA) is 60.6 Å². The highest BCUT2D eigenvalue weighted by molar-refractivity contribution is 5.79.